The van der Waals surface area contributed by atoms with Crippen LogP contribution in [0.25, 0.3) is 0 Å². The Balaban J connectivity index is 2.12. The summed E-state index contributed by atoms with van der Waals surface area (Å²) >= 11 is 3.33. The second-order valence-electron chi connectivity index (χ2n) is 4.65. The van der Waals surface area contributed by atoms with Crippen molar-refractivity contribution in [1.82, 2.24) is 0 Å². The van der Waals surface area contributed by atoms with Crippen molar-refractivity contribution < 1.29 is 18.2 Å². The van der Waals surface area contributed by atoms with Crippen molar-refractivity contribution in [1.29, 1.82) is 0 Å². The molecule has 0 heterocycles. The van der Waals surface area contributed by atoms with E-state index in [1.807, 2.05) is 12.1 Å². The highest BCUT2D eigenvalue weighted by Crippen LogP contribution is 2.17. The Hall–Kier alpha value is -2.26. The lowest BCUT2D eigenvalue weighted by molar-refractivity contribution is -0.478. The first-order valence-corrected chi connectivity index (χ1v) is 9.08. The maximum absolute atomic E-state index is 12.3. The fraction of sp³-hybridized carbons (Fsp3) is 0.133. The van der Waals surface area contributed by atoms with E-state index in [0.29, 0.717) is 6.21 Å². The number of benzene rings is 2. The molecule has 0 aliphatic carbocycles. The summed E-state index contributed by atoms with van der Waals surface area (Å²) in [7, 11) is -4.19. The predicted molar refractivity (Wildman–Crippen MR) is 91.8 cm³/mol. The third-order valence-corrected chi connectivity index (χ3v) is 5.67. The third kappa shape index (κ3) is 4.39. The van der Waals surface area contributed by atoms with E-state index in [-0.39, 0.29) is 11.5 Å². The van der Waals surface area contributed by atoms with E-state index in [9.17, 15) is 18.5 Å². The molecule has 0 saturated carbocycles. The molecule has 2 rings (SSSR count). The van der Waals surface area contributed by atoms with Gasteiger partial charge in [-0.15, -0.1) is 0 Å². The number of oxime groups is 1. The average molecular weight is 413 g/mol. The molecule has 0 unspecified atom stereocenters. The van der Waals surface area contributed by atoms with Gasteiger partial charge in [0.2, 0.25) is 0 Å². The Morgan fingerprint density at radius 3 is 2.42 bits per heavy atom. The first-order valence-electron chi connectivity index (χ1n) is 6.74. The molecule has 24 heavy (non-hydrogen) atoms. The number of rotatable bonds is 7. The van der Waals surface area contributed by atoms with Crippen LogP contribution in [0.4, 0.5) is 0 Å². The van der Waals surface area contributed by atoms with Gasteiger partial charge in [0.05, 0.1) is 4.90 Å². The summed E-state index contributed by atoms with van der Waals surface area (Å²) in [6.07, 6.45) is 0.680. The molecule has 0 fully saturated rings. The molecule has 9 heteroatoms. The highest BCUT2D eigenvalue weighted by Gasteiger charge is 2.36. The van der Waals surface area contributed by atoms with Crippen molar-refractivity contribution in [2.45, 2.75) is 16.9 Å². The molecule has 0 aliphatic rings. The van der Waals surface area contributed by atoms with Gasteiger partial charge in [0, 0.05) is 15.0 Å². The Bertz CT molecular complexity index is 840. The van der Waals surface area contributed by atoms with E-state index in [1.165, 1.54) is 24.3 Å². The highest BCUT2D eigenvalue weighted by molar-refractivity contribution is 9.10. The van der Waals surface area contributed by atoms with Crippen LogP contribution >= 0.6 is 15.9 Å². The van der Waals surface area contributed by atoms with Gasteiger partial charge in [-0.05, 0) is 18.2 Å². The summed E-state index contributed by atoms with van der Waals surface area (Å²) in [6.45, 7) is 0.0493. The average Bonchev–Trinajstić information content (AvgIpc) is 2.56. The van der Waals surface area contributed by atoms with Crippen LogP contribution in [0.3, 0.4) is 0 Å². The number of nitrogens with zero attached hydrogens (tertiary/aromatic N) is 2. The lowest BCUT2D eigenvalue weighted by atomic mass is 10.2. The zero-order valence-electron chi connectivity index (χ0n) is 12.3. The van der Waals surface area contributed by atoms with Crippen molar-refractivity contribution >= 4 is 32.0 Å². The second-order valence-corrected chi connectivity index (χ2v) is 7.55. The zero-order valence-corrected chi connectivity index (χ0v) is 14.7. The first kappa shape index (κ1) is 18.1. The molecular formula is C15H13BrN2O5S. The molecule has 1 atom stereocenters. The zero-order chi connectivity index (χ0) is 17.6. The summed E-state index contributed by atoms with van der Waals surface area (Å²) in [5, 5.41) is 12.5. The van der Waals surface area contributed by atoms with Gasteiger partial charge in [-0.25, -0.2) is 8.42 Å². The van der Waals surface area contributed by atoms with E-state index in [4.69, 9.17) is 4.84 Å². The minimum absolute atomic E-state index is 0.0493. The van der Waals surface area contributed by atoms with Gasteiger partial charge in [-0.3, -0.25) is 10.1 Å². The fourth-order valence-electron chi connectivity index (χ4n) is 1.81. The minimum Gasteiger partial charge on any atom is -0.391 e. The summed E-state index contributed by atoms with van der Waals surface area (Å²) in [4.78, 5) is 15.0. The highest BCUT2D eigenvalue weighted by atomic mass is 79.9. The normalized spacial score (nSPS) is 12.9. The monoisotopic (exact) mass is 412 g/mol. The maximum atomic E-state index is 12.3. The standard InChI is InChI=1S/C15H13BrN2O5S/c16-14-9-5-4-6-12(14)11-23-17-10-15(18(19)20)24(21,22)13-7-2-1-3-8-13/h1-10,15H,11H2/b17-10-/t15-/m1/s1. The Labute approximate surface area is 147 Å². The van der Waals surface area contributed by atoms with Crippen molar-refractivity contribution in [3.05, 3.63) is 74.7 Å². The number of hydrogen-bond acceptors (Lipinski definition) is 6. The van der Waals surface area contributed by atoms with Crippen LogP contribution in [0.1, 0.15) is 5.56 Å². The molecule has 0 saturated heterocycles. The van der Waals surface area contributed by atoms with Crippen LogP contribution < -0.4 is 0 Å². The smallest absolute Gasteiger partial charge is 0.352 e. The quantitative estimate of drug-likeness (QED) is 0.395. The van der Waals surface area contributed by atoms with Crippen molar-refractivity contribution in [3.8, 4) is 0 Å². The van der Waals surface area contributed by atoms with E-state index in [2.05, 4.69) is 21.1 Å². The van der Waals surface area contributed by atoms with Crippen LogP contribution in [-0.2, 0) is 21.3 Å². The first-order chi connectivity index (χ1) is 11.4. The summed E-state index contributed by atoms with van der Waals surface area (Å²) in [6, 6.07) is 14.4. The molecule has 126 valence electrons. The van der Waals surface area contributed by atoms with Crippen LogP contribution in [-0.4, -0.2) is 24.9 Å². The van der Waals surface area contributed by atoms with Gasteiger partial charge in [-0.1, -0.05) is 57.5 Å². The van der Waals surface area contributed by atoms with Crippen LogP contribution in [0.5, 0.6) is 0 Å². The Kier molecular flexibility index (Phi) is 6.04. The molecule has 0 bridgehead atoms. The van der Waals surface area contributed by atoms with Gasteiger partial charge >= 0.3 is 5.37 Å². The number of hydrogen-bond donors (Lipinski definition) is 0. The second kappa shape index (κ2) is 8.02. The topological polar surface area (TPSA) is 98.9 Å². The van der Waals surface area contributed by atoms with Crippen LogP contribution in [0.2, 0.25) is 0 Å². The maximum Gasteiger partial charge on any atom is 0.352 e. The molecule has 0 aliphatic heterocycles. The summed E-state index contributed by atoms with van der Waals surface area (Å²) in [5.74, 6) is 0. The van der Waals surface area contributed by atoms with Crippen molar-refractivity contribution in [3.63, 3.8) is 0 Å². The molecule has 0 amide bonds. The Morgan fingerprint density at radius 2 is 1.79 bits per heavy atom. The van der Waals surface area contributed by atoms with Gasteiger partial charge < -0.3 is 4.84 Å². The lowest BCUT2D eigenvalue weighted by Crippen LogP contribution is -2.31. The molecule has 0 spiro atoms. The lowest BCUT2D eigenvalue weighted by Gasteiger charge is -2.07. The third-order valence-electron chi connectivity index (χ3n) is 3.04. The number of nitro groups is 1. The van der Waals surface area contributed by atoms with Crippen LogP contribution in [0, 0.1) is 10.1 Å². The minimum atomic E-state index is -4.19. The molecule has 0 N–H and O–H groups in total. The molecule has 2 aromatic carbocycles. The number of sulfone groups is 1. The van der Waals surface area contributed by atoms with E-state index in [1.54, 1.807) is 18.2 Å². The summed E-state index contributed by atoms with van der Waals surface area (Å²) < 4.78 is 25.4. The molecule has 2 aromatic rings. The van der Waals surface area contributed by atoms with Gasteiger partial charge in [0.15, 0.2) is 0 Å². The fourth-order valence-corrected chi connectivity index (χ4v) is 3.47. The van der Waals surface area contributed by atoms with E-state index in [0.717, 1.165) is 10.0 Å². The molecular weight excluding hydrogens is 400 g/mol. The van der Waals surface area contributed by atoms with Crippen LogP contribution in [0.15, 0.2) is 69.1 Å². The van der Waals surface area contributed by atoms with Gasteiger partial charge in [-0.2, -0.15) is 0 Å². The molecule has 7 nitrogen and oxygen atoms in total. The summed E-state index contributed by atoms with van der Waals surface area (Å²) in [5.41, 5.74) is 0.776. The molecule has 0 aromatic heterocycles. The van der Waals surface area contributed by atoms with Crippen molar-refractivity contribution in [2.75, 3.05) is 0 Å². The largest absolute Gasteiger partial charge is 0.391 e. The van der Waals surface area contributed by atoms with Gasteiger partial charge in [0.1, 0.15) is 12.8 Å². The van der Waals surface area contributed by atoms with E-state index >= 15 is 0 Å². The van der Waals surface area contributed by atoms with E-state index < -0.39 is 20.1 Å². The SMILES string of the molecule is O=[N+]([O-])[C@@H](/C=N\OCc1ccccc1Br)S(=O)(=O)c1ccccc1. The number of halogens is 1. The predicted octanol–water partition coefficient (Wildman–Crippen LogP) is 3.03. The van der Waals surface area contributed by atoms with Crippen molar-refractivity contribution in [2.24, 2.45) is 5.16 Å². The Morgan fingerprint density at radius 1 is 1.17 bits per heavy atom. The molecule has 0 radical (unpaired) electrons. The van der Waals surface area contributed by atoms with Gasteiger partial charge in [0.25, 0.3) is 9.84 Å².